The van der Waals surface area contributed by atoms with Crippen LogP contribution in [-0.2, 0) is 17.9 Å². The molecule has 0 radical (unpaired) electrons. The summed E-state index contributed by atoms with van der Waals surface area (Å²) in [7, 11) is 0. The van der Waals surface area contributed by atoms with Crippen LogP contribution in [0.25, 0.3) is 16.6 Å². The van der Waals surface area contributed by atoms with Gasteiger partial charge in [0.05, 0.1) is 11.1 Å². The molecule has 0 unspecified atom stereocenters. The number of tetrazole rings is 1. The fourth-order valence-corrected chi connectivity index (χ4v) is 4.32. The third-order valence-corrected chi connectivity index (χ3v) is 5.95. The number of benzene rings is 2. The SMILES string of the molecule is Cc1c(C(=O)C(N)=O)c2c(OCn3cnnn3)cccn2c1Cc1ccccc1-c1ccccc1. The minimum atomic E-state index is -1.02. The number of primary amides is 1. The Morgan fingerprint density at radius 3 is 2.51 bits per heavy atom. The number of carbonyl (C=O) groups is 2. The van der Waals surface area contributed by atoms with E-state index >= 15 is 0 Å². The fourth-order valence-electron chi connectivity index (χ4n) is 4.32. The lowest BCUT2D eigenvalue weighted by molar-refractivity contribution is -0.114. The molecular formula is C26H22N6O3. The molecule has 0 saturated carbocycles. The smallest absolute Gasteiger partial charge is 0.289 e. The highest BCUT2D eigenvalue weighted by atomic mass is 16.5. The number of amides is 1. The van der Waals surface area contributed by atoms with Crippen LogP contribution in [-0.4, -0.2) is 36.3 Å². The molecule has 0 spiro atoms. The van der Waals surface area contributed by atoms with Gasteiger partial charge in [-0.2, -0.15) is 4.68 Å². The number of ketones is 1. The summed E-state index contributed by atoms with van der Waals surface area (Å²) in [6, 6.07) is 21.8. The van der Waals surface area contributed by atoms with Gasteiger partial charge < -0.3 is 14.9 Å². The Morgan fingerprint density at radius 1 is 1.00 bits per heavy atom. The van der Waals surface area contributed by atoms with Crippen LogP contribution in [0, 0.1) is 6.92 Å². The lowest BCUT2D eigenvalue weighted by Crippen LogP contribution is -2.23. The first-order chi connectivity index (χ1) is 17.0. The van der Waals surface area contributed by atoms with Gasteiger partial charge in [-0.25, -0.2) is 0 Å². The molecule has 5 aromatic rings. The molecule has 9 heteroatoms. The van der Waals surface area contributed by atoms with E-state index in [2.05, 4.69) is 39.8 Å². The number of carbonyl (C=O) groups excluding carboxylic acids is 2. The number of hydrogen-bond donors (Lipinski definition) is 1. The Labute approximate surface area is 200 Å². The van der Waals surface area contributed by atoms with E-state index in [-0.39, 0.29) is 12.3 Å². The zero-order valence-corrected chi connectivity index (χ0v) is 19.0. The van der Waals surface area contributed by atoms with Crippen molar-refractivity contribution < 1.29 is 14.3 Å². The molecule has 0 aliphatic rings. The lowest BCUT2D eigenvalue weighted by Gasteiger charge is -2.12. The quantitative estimate of drug-likeness (QED) is 0.277. The Bertz CT molecular complexity index is 1520. The summed E-state index contributed by atoms with van der Waals surface area (Å²) < 4.78 is 9.24. The molecule has 174 valence electrons. The fraction of sp³-hybridized carbons (Fsp3) is 0.115. The normalized spacial score (nSPS) is 11.0. The van der Waals surface area contributed by atoms with Crippen LogP contribution in [0.1, 0.15) is 27.2 Å². The van der Waals surface area contributed by atoms with Crippen molar-refractivity contribution in [2.45, 2.75) is 20.1 Å². The summed E-state index contributed by atoms with van der Waals surface area (Å²) in [4.78, 5) is 24.9. The van der Waals surface area contributed by atoms with E-state index < -0.39 is 11.7 Å². The minimum Gasteiger partial charge on any atom is -0.469 e. The lowest BCUT2D eigenvalue weighted by atomic mass is 9.95. The molecule has 3 heterocycles. The molecule has 5 rings (SSSR count). The molecule has 0 atom stereocenters. The van der Waals surface area contributed by atoms with Crippen molar-refractivity contribution in [3.8, 4) is 16.9 Å². The third kappa shape index (κ3) is 4.15. The Hall–Kier alpha value is -4.79. The van der Waals surface area contributed by atoms with Gasteiger partial charge in [0, 0.05) is 18.3 Å². The van der Waals surface area contributed by atoms with Crippen molar-refractivity contribution in [3.63, 3.8) is 0 Å². The second kappa shape index (κ2) is 9.22. The third-order valence-electron chi connectivity index (χ3n) is 5.95. The van der Waals surface area contributed by atoms with Crippen molar-refractivity contribution in [1.82, 2.24) is 24.6 Å². The zero-order chi connectivity index (χ0) is 24.4. The van der Waals surface area contributed by atoms with Crippen molar-refractivity contribution in [2.24, 2.45) is 5.73 Å². The van der Waals surface area contributed by atoms with Crippen LogP contribution in [0.3, 0.4) is 0 Å². The highest BCUT2D eigenvalue weighted by Gasteiger charge is 2.27. The highest BCUT2D eigenvalue weighted by molar-refractivity contribution is 6.44. The number of hydrogen-bond acceptors (Lipinski definition) is 6. The number of aromatic nitrogens is 5. The number of Topliss-reactive ketones (excluding diaryl/α,β-unsaturated/α-hetero) is 1. The Morgan fingerprint density at radius 2 is 1.77 bits per heavy atom. The van der Waals surface area contributed by atoms with Crippen LogP contribution >= 0.6 is 0 Å². The number of fused-ring (bicyclic) bond motifs is 1. The van der Waals surface area contributed by atoms with E-state index in [1.165, 1.54) is 11.0 Å². The van der Waals surface area contributed by atoms with Crippen molar-refractivity contribution in [1.29, 1.82) is 0 Å². The first kappa shape index (κ1) is 22.0. The van der Waals surface area contributed by atoms with E-state index in [1.807, 2.05) is 53.9 Å². The average molecular weight is 467 g/mol. The number of rotatable bonds is 8. The number of ether oxygens (including phenoxy) is 1. The van der Waals surface area contributed by atoms with Gasteiger partial charge in [-0.15, -0.1) is 5.10 Å². The van der Waals surface area contributed by atoms with E-state index in [4.69, 9.17) is 10.5 Å². The standard InChI is InChI=1S/C26H22N6O3/c1-17-21(14-19-10-5-6-11-20(19)18-8-3-2-4-9-18)32-13-7-12-22(35-16-31-15-28-29-30-31)24(32)23(17)25(33)26(27)34/h2-13,15H,14,16H2,1H3,(H2,27,34). The molecule has 2 aromatic carbocycles. The second-order valence-electron chi connectivity index (χ2n) is 8.05. The maximum atomic E-state index is 12.9. The van der Waals surface area contributed by atoms with Gasteiger partial charge in [0.25, 0.3) is 11.7 Å². The zero-order valence-electron chi connectivity index (χ0n) is 19.0. The van der Waals surface area contributed by atoms with Crippen LogP contribution in [0.5, 0.6) is 5.75 Å². The van der Waals surface area contributed by atoms with E-state index in [1.54, 1.807) is 6.07 Å². The molecule has 9 nitrogen and oxygen atoms in total. The molecule has 35 heavy (non-hydrogen) atoms. The molecular weight excluding hydrogens is 444 g/mol. The molecule has 0 aliphatic heterocycles. The van der Waals surface area contributed by atoms with Gasteiger partial charge in [0.2, 0.25) is 0 Å². The molecule has 0 bridgehead atoms. The molecule has 1 amide bonds. The van der Waals surface area contributed by atoms with Gasteiger partial charge in [0.15, 0.2) is 6.73 Å². The summed E-state index contributed by atoms with van der Waals surface area (Å²) in [6.45, 7) is 1.86. The molecule has 0 saturated heterocycles. The van der Waals surface area contributed by atoms with Crippen molar-refractivity contribution >= 4 is 17.2 Å². The van der Waals surface area contributed by atoms with Gasteiger partial charge in [0.1, 0.15) is 12.1 Å². The summed E-state index contributed by atoms with van der Waals surface area (Å²) >= 11 is 0. The Balaban J connectivity index is 1.65. The summed E-state index contributed by atoms with van der Waals surface area (Å²) in [5.41, 5.74) is 10.9. The van der Waals surface area contributed by atoms with Crippen molar-refractivity contribution in [2.75, 3.05) is 0 Å². The predicted molar refractivity (Wildman–Crippen MR) is 129 cm³/mol. The summed E-state index contributed by atoms with van der Waals surface area (Å²) in [6.07, 6.45) is 3.80. The number of nitrogens with two attached hydrogens (primary N) is 1. The monoisotopic (exact) mass is 466 g/mol. The van der Waals surface area contributed by atoms with Crippen LogP contribution in [0.2, 0.25) is 0 Å². The van der Waals surface area contributed by atoms with Gasteiger partial charge in [-0.05, 0) is 51.7 Å². The van der Waals surface area contributed by atoms with E-state index in [9.17, 15) is 9.59 Å². The van der Waals surface area contributed by atoms with E-state index in [0.29, 0.717) is 23.3 Å². The second-order valence-corrected chi connectivity index (χ2v) is 8.05. The van der Waals surface area contributed by atoms with E-state index in [0.717, 1.165) is 22.4 Å². The van der Waals surface area contributed by atoms with Crippen LogP contribution in [0.4, 0.5) is 0 Å². The van der Waals surface area contributed by atoms with Gasteiger partial charge >= 0.3 is 0 Å². The minimum absolute atomic E-state index is 0.0350. The van der Waals surface area contributed by atoms with Crippen LogP contribution < -0.4 is 10.5 Å². The predicted octanol–water partition coefficient (Wildman–Crippen LogP) is 3.20. The molecule has 2 N–H and O–H groups in total. The first-order valence-electron chi connectivity index (χ1n) is 11.0. The first-order valence-corrected chi connectivity index (χ1v) is 11.0. The maximum absolute atomic E-state index is 12.9. The molecule has 0 fully saturated rings. The van der Waals surface area contributed by atoms with Crippen LogP contribution in [0.15, 0.2) is 79.3 Å². The number of pyridine rings is 1. The highest BCUT2D eigenvalue weighted by Crippen LogP contribution is 2.34. The molecule has 3 aromatic heterocycles. The summed E-state index contributed by atoms with van der Waals surface area (Å²) in [5.74, 6) is -1.37. The largest absolute Gasteiger partial charge is 0.469 e. The molecule has 0 aliphatic carbocycles. The van der Waals surface area contributed by atoms with Crippen molar-refractivity contribution in [3.05, 3.63) is 102 Å². The summed E-state index contributed by atoms with van der Waals surface area (Å²) in [5, 5.41) is 11.0. The van der Waals surface area contributed by atoms with Gasteiger partial charge in [-0.1, -0.05) is 54.6 Å². The Kier molecular flexibility index (Phi) is 5.80. The topological polar surface area (TPSA) is 117 Å². The average Bonchev–Trinajstić information content (AvgIpc) is 3.50. The van der Waals surface area contributed by atoms with Gasteiger partial charge in [-0.3, -0.25) is 9.59 Å². The number of nitrogens with zero attached hydrogens (tertiary/aromatic N) is 5. The maximum Gasteiger partial charge on any atom is 0.289 e.